The van der Waals surface area contributed by atoms with Crippen LogP contribution in [0, 0.1) is 0 Å². The molecule has 3 saturated heterocycles. The van der Waals surface area contributed by atoms with Crippen molar-refractivity contribution in [3.63, 3.8) is 0 Å². The summed E-state index contributed by atoms with van der Waals surface area (Å²) in [7, 11) is 0. The van der Waals surface area contributed by atoms with Gasteiger partial charge in [0, 0.05) is 71.9 Å². The molecule has 0 bridgehead atoms. The summed E-state index contributed by atoms with van der Waals surface area (Å²) >= 11 is 0. The molecule has 5 rings (SSSR count). The summed E-state index contributed by atoms with van der Waals surface area (Å²) in [5.74, 6) is -1.95. The SMILES string of the molecule is CC(C)(C)OC(=O)N1CCN(CCN2CCN(c3cccc4c3C(=O)N(C3CCC(=O)NC3=O)C4=O)CC2)CC1. The van der Waals surface area contributed by atoms with E-state index in [9.17, 15) is 24.0 Å². The Hall–Kier alpha value is -3.51. The predicted octanol–water partition coefficient (Wildman–Crippen LogP) is 0.763. The van der Waals surface area contributed by atoms with Gasteiger partial charge in [-0.25, -0.2) is 4.79 Å². The standard InChI is InChI=1S/C28H38N6O6/c1-28(2,3)40-27(39)33-17-13-31(14-18-33)10-9-30-11-15-32(16-12-30)20-6-4-5-19-23(20)26(38)34(25(19)37)21-7-8-22(35)29-24(21)36/h4-6,21H,7-18H2,1-3H3,(H,29,35,36). The van der Waals surface area contributed by atoms with E-state index in [0.29, 0.717) is 43.0 Å². The summed E-state index contributed by atoms with van der Waals surface area (Å²) in [6.45, 7) is 13.5. The van der Waals surface area contributed by atoms with Crippen molar-refractivity contribution in [1.29, 1.82) is 0 Å². The zero-order valence-corrected chi connectivity index (χ0v) is 23.5. The van der Waals surface area contributed by atoms with Gasteiger partial charge in [0.2, 0.25) is 11.8 Å². The molecule has 1 atom stereocenters. The van der Waals surface area contributed by atoms with Crippen LogP contribution in [0.1, 0.15) is 54.3 Å². The first-order valence-corrected chi connectivity index (χ1v) is 14.0. The van der Waals surface area contributed by atoms with Gasteiger partial charge in [-0.15, -0.1) is 0 Å². The number of rotatable bonds is 5. The quantitative estimate of drug-likeness (QED) is 0.526. The first kappa shape index (κ1) is 28.0. The number of hydrogen-bond acceptors (Lipinski definition) is 9. The maximum atomic E-state index is 13.4. The minimum absolute atomic E-state index is 0.0953. The van der Waals surface area contributed by atoms with Gasteiger partial charge in [0.05, 0.1) is 16.8 Å². The van der Waals surface area contributed by atoms with Crippen LogP contribution in [0.4, 0.5) is 10.5 Å². The summed E-state index contributed by atoms with van der Waals surface area (Å²) < 4.78 is 5.48. The van der Waals surface area contributed by atoms with Crippen LogP contribution in [0.5, 0.6) is 0 Å². The highest BCUT2D eigenvalue weighted by Crippen LogP contribution is 2.34. The summed E-state index contributed by atoms with van der Waals surface area (Å²) in [5, 5.41) is 2.24. The van der Waals surface area contributed by atoms with E-state index in [-0.39, 0.29) is 24.8 Å². The molecule has 12 heteroatoms. The maximum absolute atomic E-state index is 13.4. The Bertz CT molecular complexity index is 1200. The number of fused-ring (bicyclic) bond motifs is 1. The molecule has 1 unspecified atom stereocenters. The van der Waals surface area contributed by atoms with Crippen molar-refractivity contribution in [2.45, 2.75) is 45.3 Å². The van der Waals surface area contributed by atoms with Crippen LogP contribution in [0.25, 0.3) is 0 Å². The second-order valence-electron chi connectivity index (χ2n) is 11.8. The van der Waals surface area contributed by atoms with Crippen LogP contribution >= 0.6 is 0 Å². The fourth-order valence-electron chi connectivity index (χ4n) is 5.74. The van der Waals surface area contributed by atoms with E-state index in [1.165, 1.54) is 0 Å². The van der Waals surface area contributed by atoms with Crippen molar-refractivity contribution >= 4 is 35.4 Å². The van der Waals surface area contributed by atoms with E-state index in [1.54, 1.807) is 17.0 Å². The second-order valence-corrected chi connectivity index (χ2v) is 11.8. The molecule has 0 spiro atoms. The highest BCUT2D eigenvalue weighted by molar-refractivity contribution is 6.25. The molecule has 12 nitrogen and oxygen atoms in total. The molecule has 0 aliphatic carbocycles. The van der Waals surface area contributed by atoms with Gasteiger partial charge in [-0.1, -0.05) is 6.07 Å². The predicted molar refractivity (Wildman–Crippen MR) is 146 cm³/mol. The van der Waals surface area contributed by atoms with Gasteiger partial charge in [-0.3, -0.25) is 39.2 Å². The largest absolute Gasteiger partial charge is 0.444 e. The van der Waals surface area contributed by atoms with Crippen molar-refractivity contribution < 1.29 is 28.7 Å². The molecule has 5 amide bonds. The van der Waals surface area contributed by atoms with E-state index in [4.69, 9.17) is 4.74 Å². The van der Waals surface area contributed by atoms with E-state index in [2.05, 4.69) is 20.0 Å². The Morgan fingerprint density at radius 2 is 1.52 bits per heavy atom. The van der Waals surface area contributed by atoms with Crippen LogP contribution in [-0.4, -0.2) is 126 Å². The Balaban J connectivity index is 1.13. The Kier molecular flexibility index (Phi) is 7.83. The summed E-state index contributed by atoms with van der Waals surface area (Å²) in [5.41, 5.74) is 0.864. The summed E-state index contributed by atoms with van der Waals surface area (Å²) in [6, 6.07) is 4.29. The number of nitrogens with one attached hydrogen (secondary N) is 1. The third kappa shape index (κ3) is 5.83. The van der Waals surface area contributed by atoms with Gasteiger partial charge in [0.15, 0.2) is 0 Å². The highest BCUT2D eigenvalue weighted by atomic mass is 16.6. The molecule has 1 aromatic carbocycles. The number of carbonyl (C=O) groups is 5. The molecular formula is C28H38N6O6. The van der Waals surface area contributed by atoms with E-state index >= 15 is 0 Å². The number of carbonyl (C=O) groups excluding carboxylic acids is 5. The van der Waals surface area contributed by atoms with Gasteiger partial charge >= 0.3 is 6.09 Å². The minimum Gasteiger partial charge on any atom is -0.444 e. The second kappa shape index (κ2) is 11.2. The molecule has 4 aliphatic rings. The van der Waals surface area contributed by atoms with Crippen molar-refractivity contribution in [1.82, 2.24) is 24.9 Å². The first-order valence-electron chi connectivity index (χ1n) is 14.0. The minimum atomic E-state index is -0.971. The van der Waals surface area contributed by atoms with Gasteiger partial charge in [0.25, 0.3) is 11.8 Å². The number of imide groups is 2. The normalized spacial score (nSPS) is 23.0. The van der Waals surface area contributed by atoms with Crippen molar-refractivity contribution in [2.24, 2.45) is 0 Å². The number of hydrogen-bond donors (Lipinski definition) is 1. The molecule has 3 fully saturated rings. The molecule has 4 aliphatic heterocycles. The number of anilines is 1. The number of amides is 5. The molecule has 1 N–H and O–H groups in total. The number of piperidine rings is 1. The van der Waals surface area contributed by atoms with Crippen molar-refractivity contribution in [3.05, 3.63) is 29.3 Å². The fourth-order valence-corrected chi connectivity index (χ4v) is 5.74. The maximum Gasteiger partial charge on any atom is 0.410 e. The third-order valence-electron chi connectivity index (χ3n) is 7.92. The average molecular weight is 555 g/mol. The molecule has 0 radical (unpaired) electrons. The topological polar surface area (TPSA) is 123 Å². The zero-order valence-electron chi connectivity index (χ0n) is 23.5. The highest BCUT2D eigenvalue weighted by Gasteiger charge is 2.46. The number of nitrogens with zero attached hydrogens (tertiary/aromatic N) is 5. The molecular weight excluding hydrogens is 516 g/mol. The number of benzene rings is 1. The van der Waals surface area contributed by atoms with Crippen LogP contribution in [-0.2, 0) is 14.3 Å². The lowest BCUT2D eigenvalue weighted by molar-refractivity contribution is -0.136. The Morgan fingerprint density at radius 1 is 0.900 bits per heavy atom. The monoisotopic (exact) mass is 554 g/mol. The van der Waals surface area contributed by atoms with Crippen LogP contribution in [0.3, 0.4) is 0 Å². The number of piperazine rings is 2. The van der Waals surface area contributed by atoms with Gasteiger partial charge in [0.1, 0.15) is 11.6 Å². The zero-order chi connectivity index (χ0) is 28.6. The van der Waals surface area contributed by atoms with Crippen LogP contribution < -0.4 is 10.2 Å². The van der Waals surface area contributed by atoms with Gasteiger partial charge < -0.3 is 14.5 Å². The van der Waals surface area contributed by atoms with Crippen LogP contribution in [0.2, 0.25) is 0 Å². The Morgan fingerprint density at radius 3 is 2.12 bits per heavy atom. The fraction of sp³-hybridized carbons (Fsp3) is 0.607. The van der Waals surface area contributed by atoms with E-state index in [0.717, 1.165) is 44.2 Å². The average Bonchev–Trinajstić information content (AvgIpc) is 3.17. The van der Waals surface area contributed by atoms with Crippen LogP contribution in [0.15, 0.2) is 18.2 Å². The smallest absolute Gasteiger partial charge is 0.410 e. The molecule has 0 saturated carbocycles. The Labute approximate surface area is 234 Å². The molecule has 1 aromatic rings. The lowest BCUT2D eigenvalue weighted by Gasteiger charge is -2.39. The summed E-state index contributed by atoms with van der Waals surface area (Å²) in [6.07, 6.45) is -0.0193. The van der Waals surface area contributed by atoms with E-state index < -0.39 is 29.4 Å². The van der Waals surface area contributed by atoms with Crippen molar-refractivity contribution in [3.8, 4) is 0 Å². The molecule has 0 aromatic heterocycles. The third-order valence-corrected chi connectivity index (χ3v) is 7.92. The van der Waals surface area contributed by atoms with Gasteiger partial charge in [-0.2, -0.15) is 0 Å². The van der Waals surface area contributed by atoms with Crippen molar-refractivity contribution in [2.75, 3.05) is 70.3 Å². The number of ether oxygens (including phenoxy) is 1. The lowest BCUT2D eigenvalue weighted by atomic mass is 10.0. The van der Waals surface area contributed by atoms with E-state index in [1.807, 2.05) is 26.8 Å². The summed E-state index contributed by atoms with van der Waals surface area (Å²) in [4.78, 5) is 72.6. The lowest BCUT2D eigenvalue weighted by Crippen LogP contribution is -2.54. The molecule has 40 heavy (non-hydrogen) atoms. The first-order chi connectivity index (χ1) is 19.0. The molecule has 216 valence electrons. The van der Waals surface area contributed by atoms with Gasteiger partial charge in [-0.05, 0) is 39.3 Å². The molecule has 4 heterocycles.